The molecular formula is C19H20N2O2. The lowest BCUT2D eigenvalue weighted by molar-refractivity contribution is 0.0675. The summed E-state index contributed by atoms with van der Waals surface area (Å²) in [6.07, 6.45) is 0. The van der Waals surface area contributed by atoms with Crippen LogP contribution in [0.3, 0.4) is 0 Å². The number of amides is 1. The van der Waals surface area contributed by atoms with Gasteiger partial charge in [-0.25, -0.2) is 0 Å². The van der Waals surface area contributed by atoms with Gasteiger partial charge in [0.2, 0.25) is 0 Å². The number of para-hydroxylation sites is 1. The summed E-state index contributed by atoms with van der Waals surface area (Å²) in [6.45, 7) is 1.64. The normalized spacial score (nSPS) is 10.8. The molecule has 23 heavy (non-hydrogen) atoms. The number of nitrogens with one attached hydrogen (secondary N) is 1. The molecule has 0 bridgehead atoms. The number of methoxy groups -OCH3 is 1. The van der Waals surface area contributed by atoms with Crippen molar-refractivity contribution in [1.82, 2.24) is 9.88 Å². The standard InChI is InChI=1S/C19H20N2O2/c1-23-12-11-21(14-15-7-3-2-4-8-15)19(22)18-13-16-9-5-6-10-17(16)20-18/h2-10,13,20H,11-12,14H2,1H3. The molecule has 0 atom stereocenters. The number of nitrogens with zero attached hydrogens (tertiary/aromatic N) is 1. The minimum atomic E-state index is -0.0119. The predicted octanol–water partition coefficient (Wildman–Crippen LogP) is 3.46. The highest BCUT2D eigenvalue weighted by Gasteiger charge is 2.18. The fourth-order valence-electron chi connectivity index (χ4n) is 2.62. The van der Waals surface area contributed by atoms with Crippen LogP contribution in [-0.2, 0) is 11.3 Å². The Morgan fingerprint density at radius 1 is 1.09 bits per heavy atom. The average Bonchev–Trinajstić information content (AvgIpc) is 3.03. The number of aromatic nitrogens is 1. The third-order valence-corrected chi connectivity index (χ3v) is 3.83. The third-order valence-electron chi connectivity index (χ3n) is 3.83. The minimum Gasteiger partial charge on any atom is -0.383 e. The van der Waals surface area contributed by atoms with E-state index in [2.05, 4.69) is 4.98 Å². The van der Waals surface area contributed by atoms with Gasteiger partial charge in [0.05, 0.1) is 6.61 Å². The number of fused-ring (bicyclic) bond motifs is 1. The molecule has 4 nitrogen and oxygen atoms in total. The molecule has 2 aromatic carbocycles. The number of rotatable bonds is 6. The Kier molecular flexibility index (Phi) is 4.74. The van der Waals surface area contributed by atoms with Gasteiger partial charge in [-0.1, -0.05) is 48.5 Å². The third kappa shape index (κ3) is 3.60. The first-order chi connectivity index (χ1) is 11.3. The molecule has 0 radical (unpaired) electrons. The Morgan fingerprint density at radius 2 is 1.83 bits per heavy atom. The van der Waals surface area contributed by atoms with Crippen LogP contribution in [0.2, 0.25) is 0 Å². The summed E-state index contributed by atoms with van der Waals surface area (Å²) >= 11 is 0. The van der Waals surface area contributed by atoms with Crippen LogP contribution >= 0.6 is 0 Å². The van der Waals surface area contributed by atoms with E-state index in [1.165, 1.54) is 0 Å². The zero-order valence-electron chi connectivity index (χ0n) is 13.2. The van der Waals surface area contributed by atoms with Crippen molar-refractivity contribution in [3.05, 3.63) is 71.9 Å². The van der Waals surface area contributed by atoms with Crippen molar-refractivity contribution in [1.29, 1.82) is 0 Å². The van der Waals surface area contributed by atoms with E-state index < -0.39 is 0 Å². The molecule has 4 heteroatoms. The van der Waals surface area contributed by atoms with Gasteiger partial charge in [0.25, 0.3) is 5.91 Å². The first kappa shape index (κ1) is 15.3. The Hall–Kier alpha value is -2.59. The number of aromatic amines is 1. The van der Waals surface area contributed by atoms with Crippen molar-refractivity contribution < 1.29 is 9.53 Å². The fraction of sp³-hybridized carbons (Fsp3) is 0.211. The highest BCUT2D eigenvalue weighted by Crippen LogP contribution is 2.17. The molecule has 0 spiro atoms. The smallest absolute Gasteiger partial charge is 0.270 e. The van der Waals surface area contributed by atoms with Crippen LogP contribution in [0, 0.1) is 0 Å². The first-order valence-corrected chi connectivity index (χ1v) is 7.68. The second-order valence-electron chi connectivity index (χ2n) is 5.48. The number of carbonyl (C=O) groups is 1. The van der Waals surface area contributed by atoms with Gasteiger partial charge in [-0.15, -0.1) is 0 Å². The monoisotopic (exact) mass is 308 g/mol. The number of hydrogen-bond acceptors (Lipinski definition) is 2. The molecule has 0 saturated heterocycles. The molecule has 0 aliphatic carbocycles. The maximum atomic E-state index is 12.9. The molecule has 3 rings (SSSR count). The van der Waals surface area contributed by atoms with Gasteiger partial charge in [-0.05, 0) is 17.7 Å². The number of hydrogen-bond donors (Lipinski definition) is 1. The number of benzene rings is 2. The lowest BCUT2D eigenvalue weighted by Crippen LogP contribution is -2.33. The highest BCUT2D eigenvalue weighted by molar-refractivity contribution is 5.98. The van der Waals surface area contributed by atoms with E-state index in [0.717, 1.165) is 16.5 Å². The van der Waals surface area contributed by atoms with Crippen LogP contribution in [0.1, 0.15) is 16.1 Å². The van der Waals surface area contributed by atoms with E-state index in [9.17, 15) is 4.79 Å². The SMILES string of the molecule is COCCN(Cc1ccccc1)C(=O)c1cc2ccccc2[nH]1. The van der Waals surface area contributed by atoms with E-state index in [1.807, 2.05) is 65.6 Å². The summed E-state index contributed by atoms with van der Waals surface area (Å²) in [6, 6.07) is 19.8. The van der Waals surface area contributed by atoms with Crippen molar-refractivity contribution in [2.24, 2.45) is 0 Å². The van der Waals surface area contributed by atoms with Crippen molar-refractivity contribution in [2.45, 2.75) is 6.54 Å². The van der Waals surface area contributed by atoms with Crippen LogP contribution in [-0.4, -0.2) is 36.1 Å². The van der Waals surface area contributed by atoms with E-state index in [4.69, 9.17) is 4.74 Å². The summed E-state index contributed by atoms with van der Waals surface area (Å²) < 4.78 is 5.15. The van der Waals surface area contributed by atoms with Crippen molar-refractivity contribution in [3.63, 3.8) is 0 Å². The number of ether oxygens (including phenoxy) is 1. The second-order valence-corrected chi connectivity index (χ2v) is 5.48. The maximum Gasteiger partial charge on any atom is 0.270 e. The molecule has 1 aromatic heterocycles. The Morgan fingerprint density at radius 3 is 2.57 bits per heavy atom. The van der Waals surface area contributed by atoms with E-state index in [0.29, 0.717) is 25.4 Å². The molecule has 0 unspecified atom stereocenters. The minimum absolute atomic E-state index is 0.0119. The summed E-state index contributed by atoms with van der Waals surface area (Å²) in [5.41, 5.74) is 2.69. The van der Waals surface area contributed by atoms with Crippen LogP contribution < -0.4 is 0 Å². The van der Waals surface area contributed by atoms with Crippen molar-refractivity contribution in [2.75, 3.05) is 20.3 Å². The fourth-order valence-corrected chi connectivity index (χ4v) is 2.62. The van der Waals surface area contributed by atoms with Gasteiger partial charge in [-0.3, -0.25) is 4.79 Å². The van der Waals surface area contributed by atoms with Gasteiger partial charge < -0.3 is 14.6 Å². The molecule has 1 heterocycles. The van der Waals surface area contributed by atoms with Gasteiger partial charge in [-0.2, -0.15) is 0 Å². The van der Waals surface area contributed by atoms with Crippen LogP contribution in [0.25, 0.3) is 10.9 Å². The quantitative estimate of drug-likeness (QED) is 0.758. The second kappa shape index (κ2) is 7.11. The molecule has 1 N–H and O–H groups in total. The lowest BCUT2D eigenvalue weighted by Gasteiger charge is -2.22. The molecule has 0 aliphatic rings. The molecule has 3 aromatic rings. The Balaban J connectivity index is 1.84. The highest BCUT2D eigenvalue weighted by atomic mass is 16.5. The van der Waals surface area contributed by atoms with Crippen LogP contribution in [0.5, 0.6) is 0 Å². The summed E-state index contributed by atoms with van der Waals surface area (Å²) in [5, 5.41) is 1.04. The van der Waals surface area contributed by atoms with E-state index in [1.54, 1.807) is 7.11 Å². The van der Waals surface area contributed by atoms with Gasteiger partial charge >= 0.3 is 0 Å². The maximum absolute atomic E-state index is 12.9. The van der Waals surface area contributed by atoms with E-state index in [-0.39, 0.29) is 5.91 Å². The molecule has 0 saturated carbocycles. The molecule has 0 aliphatic heterocycles. The lowest BCUT2D eigenvalue weighted by atomic mass is 10.2. The zero-order chi connectivity index (χ0) is 16.1. The number of carbonyl (C=O) groups excluding carboxylic acids is 1. The molecule has 0 fully saturated rings. The van der Waals surface area contributed by atoms with E-state index >= 15 is 0 Å². The Bertz CT molecular complexity index is 747. The van der Waals surface area contributed by atoms with Crippen molar-refractivity contribution >= 4 is 16.8 Å². The predicted molar refractivity (Wildman–Crippen MR) is 91.4 cm³/mol. The molecule has 118 valence electrons. The summed E-state index contributed by atoms with van der Waals surface area (Å²) in [7, 11) is 1.65. The Labute approximate surface area is 135 Å². The first-order valence-electron chi connectivity index (χ1n) is 7.68. The molecule has 1 amide bonds. The average molecular weight is 308 g/mol. The largest absolute Gasteiger partial charge is 0.383 e. The zero-order valence-corrected chi connectivity index (χ0v) is 13.2. The summed E-state index contributed by atoms with van der Waals surface area (Å²) in [5.74, 6) is -0.0119. The van der Waals surface area contributed by atoms with Gasteiger partial charge in [0.1, 0.15) is 5.69 Å². The van der Waals surface area contributed by atoms with Crippen LogP contribution in [0.4, 0.5) is 0 Å². The summed E-state index contributed by atoms with van der Waals surface area (Å²) in [4.78, 5) is 17.9. The van der Waals surface area contributed by atoms with Crippen molar-refractivity contribution in [3.8, 4) is 0 Å². The van der Waals surface area contributed by atoms with Crippen LogP contribution in [0.15, 0.2) is 60.7 Å². The topological polar surface area (TPSA) is 45.3 Å². The van der Waals surface area contributed by atoms with Gasteiger partial charge in [0.15, 0.2) is 0 Å². The molecular weight excluding hydrogens is 288 g/mol. The van der Waals surface area contributed by atoms with Gasteiger partial charge in [0, 0.05) is 31.1 Å². The number of H-pyrrole nitrogens is 1.